The summed E-state index contributed by atoms with van der Waals surface area (Å²) in [4.78, 5) is 33.4. The van der Waals surface area contributed by atoms with Crippen molar-refractivity contribution in [2.45, 2.75) is 39.3 Å². The highest BCUT2D eigenvalue weighted by Crippen LogP contribution is 2.28. The Morgan fingerprint density at radius 2 is 1.82 bits per heavy atom. The lowest BCUT2D eigenvalue weighted by Crippen LogP contribution is -2.53. The molecule has 0 spiro atoms. The first-order valence-corrected chi connectivity index (χ1v) is 9.50. The fraction of sp³-hybridized carbons (Fsp3) is 0.409. The second-order valence-electron chi connectivity index (χ2n) is 8.09. The third kappa shape index (κ3) is 4.68. The van der Waals surface area contributed by atoms with E-state index in [9.17, 15) is 9.59 Å². The summed E-state index contributed by atoms with van der Waals surface area (Å²) in [5.74, 6) is -0.0438. The van der Waals surface area contributed by atoms with Gasteiger partial charge in [0.05, 0.1) is 6.04 Å². The molecule has 1 aliphatic heterocycles. The molecule has 2 aromatic rings. The number of aromatic nitrogens is 1. The molecular formula is C22H27N3O3. The van der Waals surface area contributed by atoms with Crippen LogP contribution < -0.4 is 0 Å². The van der Waals surface area contributed by atoms with Gasteiger partial charge in [0.2, 0.25) is 0 Å². The summed E-state index contributed by atoms with van der Waals surface area (Å²) in [6.07, 6.45) is 3.09. The molecule has 28 heavy (non-hydrogen) atoms. The van der Waals surface area contributed by atoms with Crippen LogP contribution >= 0.6 is 0 Å². The normalized spacial score (nSPS) is 17.4. The van der Waals surface area contributed by atoms with E-state index in [4.69, 9.17) is 4.74 Å². The van der Waals surface area contributed by atoms with Gasteiger partial charge in [0.15, 0.2) is 0 Å². The first-order chi connectivity index (χ1) is 13.2. The highest BCUT2D eigenvalue weighted by atomic mass is 16.6. The van der Waals surface area contributed by atoms with Crippen molar-refractivity contribution in [3.63, 3.8) is 0 Å². The molecule has 0 bridgehead atoms. The van der Waals surface area contributed by atoms with Gasteiger partial charge in [0, 0.05) is 37.6 Å². The fourth-order valence-corrected chi connectivity index (χ4v) is 3.24. The molecule has 0 aliphatic carbocycles. The Hall–Kier alpha value is -2.89. The molecule has 0 N–H and O–H groups in total. The van der Waals surface area contributed by atoms with Crippen LogP contribution in [-0.4, -0.2) is 52.0 Å². The maximum Gasteiger partial charge on any atom is 0.410 e. The number of hydrogen-bond donors (Lipinski definition) is 0. The van der Waals surface area contributed by atoms with Crippen molar-refractivity contribution in [2.75, 3.05) is 19.6 Å². The van der Waals surface area contributed by atoms with E-state index >= 15 is 0 Å². The van der Waals surface area contributed by atoms with Crippen LogP contribution in [0.5, 0.6) is 0 Å². The van der Waals surface area contributed by atoms with Crippen LogP contribution in [-0.2, 0) is 4.74 Å². The summed E-state index contributed by atoms with van der Waals surface area (Å²) in [5, 5.41) is 0. The van der Waals surface area contributed by atoms with Crippen molar-refractivity contribution in [3.8, 4) is 0 Å². The van der Waals surface area contributed by atoms with Gasteiger partial charge in [-0.2, -0.15) is 0 Å². The Labute approximate surface area is 166 Å². The van der Waals surface area contributed by atoms with E-state index in [1.165, 1.54) is 0 Å². The minimum Gasteiger partial charge on any atom is -0.444 e. The van der Waals surface area contributed by atoms with E-state index in [1.807, 2.05) is 69.0 Å². The van der Waals surface area contributed by atoms with Crippen molar-refractivity contribution < 1.29 is 14.3 Å². The number of rotatable bonds is 2. The standard InChI is InChI=1S/C22H27N3O3/c1-16-7-9-17(10-8-16)20(26)25-13-12-24(21(27)28-22(2,3)4)15-19(25)18-6-5-11-23-14-18/h5-11,14,19H,12-13,15H2,1-4H3/t19-/m1/s1. The lowest BCUT2D eigenvalue weighted by atomic mass is 10.0. The molecule has 3 rings (SSSR count). The predicted octanol–water partition coefficient (Wildman–Crippen LogP) is 3.82. The van der Waals surface area contributed by atoms with Crippen molar-refractivity contribution in [1.29, 1.82) is 0 Å². The summed E-state index contributed by atoms with van der Waals surface area (Å²) in [7, 11) is 0. The Balaban J connectivity index is 1.85. The Bertz CT molecular complexity index is 828. The quantitative estimate of drug-likeness (QED) is 0.793. The third-order valence-electron chi connectivity index (χ3n) is 4.66. The molecule has 1 aromatic heterocycles. The molecule has 1 aromatic carbocycles. The third-order valence-corrected chi connectivity index (χ3v) is 4.66. The largest absolute Gasteiger partial charge is 0.444 e. The molecule has 2 heterocycles. The molecular weight excluding hydrogens is 354 g/mol. The molecule has 0 saturated carbocycles. The maximum absolute atomic E-state index is 13.2. The molecule has 0 unspecified atom stereocenters. The van der Waals surface area contributed by atoms with Gasteiger partial charge in [-0.25, -0.2) is 4.79 Å². The zero-order valence-corrected chi connectivity index (χ0v) is 16.9. The summed E-state index contributed by atoms with van der Waals surface area (Å²) in [6, 6.07) is 11.1. The number of benzene rings is 1. The van der Waals surface area contributed by atoms with Gasteiger partial charge in [0.25, 0.3) is 5.91 Å². The average molecular weight is 381 g/mol. The average Bonchev–Trinajstić information content (AvgIpc) is 2.67. The summed E-state index contributed by atoms with van der Waals surface area (Å²) < 4.78 is 5.52. The van der Waals surface area contributed by atoms with E-state index in [2.05, 4.69) is 4.98 Å². The van der Waals surface area contributed by atoms with Gasteiger partial charge in [0.1, 0.15) is 5.60 Å². The second kappa shape index (κ2) is 8.00. The number of piperazine rings is 1. The van der Waals surface area contributed by atoms with Gasteiger partial charge in [-0.1, -0.05) is 23.8 Å². The minimum atomic E-state index is -0.560. The Morgan fingerprint density at radius 1 is 1.11 bits per heavy atom. The molecule has 1 fully saturated rings. The molecule has 6 nitrogen and oxygen atoms in total. The molecule has 1 aliphatic rings. The molecule has 0 radical (unpaired) electrons. The summed E-state index contributed by atoms with van der Waals surface area (Å²) in [6.45, 7) is 8.78. The summed E-state index contributed by atoms with van der Waals surface area (Å²) in [5.41, 5.74) is 2.09. The SMILES string of the molecule is Cc1ccc(C(=O)N2CCN(C(=O)OC(C)(C)C)C[C@@H]2c2cccnc2)cc1. The number of ether oxygens (including phenoxy) is 1. The van der Waals surface area contributed by atoms with Crippen LogP contribution in [0.3, 0.4) is 0 Å². The van der Waals surface area contributed by atoms with E-state index < -0.39 is 5.60 Å². The lowest BCUT2D eigenvalue weighted by molar-refractivity contribution is 0.00405. The van der Waals surface area contributed by atoms with Crippen molar-refractivity contribution >= 4 is 12.0 Å². The first-order valence-electron chi connectivity index (χ1n) is 9.50. The number of carbonyl (C=O) groups excluding carboxylic acids is 2. The van der Waals surface area contributed by atoms with Crippen molar-refractivity contribution in [3.05, 3.63) is 65.5 Å². The zero-order valence-electron chi connectivity index (χ0n) is 16.9. The first kappa shape index (κ1) is 19.9. The predicted molar refractivity (Wildman–Crippen MR) is 107 cm³/mol. The second-order valence-corrected chi connectivity index (χ2v) is 8.09. The molecule has 1 atom stereocenters. The van der Waals surface area contributed by atoms with Crippen LogP contribution in [0.1, 0.15) is 48.3 Å². The smallest absolute Gasteiger partial charge is 0.410 e. The van der Waals surface area contributed by atoms with Gasteiger partial charge in [-0.05, 0) is 51.5 Å². The molecule has 2 amide bonds. The van der Waals surface area contributed by atoms with Gasteiger partial charge in [-0.3, -0.25) is 9.78 Å². The number of nitrogens with zero attached hydrogens (tertiary/aromatic N) is 3. The lowest BCUT2D eigenvalue weighted by Gasteiger charge is -2.41. The molecule has 148 valence electrons. The van der Waals surface area contributed by atoms with E-state index in [0.29, 0.717) is 25.2 Å². The van der Waals surface area contributed by atoms with E-state index in [1.54, 1.807) is 17.3 Å². The monoisotopic (exact) mass is 381 g/mol. The Kier molecular flexibility index (Phi) is 5.68. The van der Waals surface area contributed by atoms with Gasteiger partial charge >= 0.3 is 6.09 Å². The van der Waals surface area contributed by atoms with Crippen molar-refractivity contribution in [2.24, 2.45) is 0 Å². The zero-order chi connectivity index (χ0) is 20.3. The molecule has 1 saturated heterocycles. The topological polar surface area (TPSA) is 62.7 Å². The van der Waals surface area contributed by atoms with Crippen LogP contribution in [0.25, 0.3) is 0 Å². The van der Waals surface area contributed by atoms with Crippen LogP contribution in [0, 0.1) is 6.92 Å². The number of hydrogen-bond acceptors (Lipinski definition) is 4. The van der Waals surface area contributed by atoms with Gasteiger partial charge < -0.3 is 14.5 Å². The minimum absolute atomic E-state index is 0.0438. The number of carbonyl (C=O) groups is 2. The number of aryl methyl sites for hydroxylation is 1. The van der Waals surface area contributed by atoms with Crippen LogP contribution in [0.4, 0.5) is 4.79 Å². The maximum atomic E-state index is 13.2. The summed E-state index contributed by atoms with van der Waals surface area (Å²) >= 11 is 0. The van der Waals surface area contributed by atoms with Crippen LogP contribution in [0.2, 0.25) is 0 Å². The number of pyridine rings is 1. The Morgan fingerprint density at radius 3 is 2.43 bits per heavy atom. The molecule has 6 heteroatoms. The fourth-order valence-electron chi connectivity index (χ4n) is 3.24. The number of amides is 2. The van der Waals surface area contributed by atoms with E-state index in [0.717, 1.165) is 11.1 Å². The van der Waals surface area contributed by atoms with Crippen molar-refractivity contribution in [1.82, 2.24) is 14.8 Å². The van der Waals surface area contributed by atoms with Crippen LogP contribution in [0.15, 0.2) is 48.8 Å². The highest BCUT2D eigenvalue weighted by molar-refractivity contribution is 5.94. The highest BCUT2D eigenvalue weighted by Gasteiger charge is 2.35. The van der Waals surface area contributed by atoms with Gasteiger partial charge in [-0.15, -0.1) is 0 Å². The van der Waals surface area contributed by atoms with E-state index in [-0.39, 0.29) is 18.0 Å².